The summed E-state index contributed by atoms with van der Waals surface area (Å²) in [5.74, 6) is -1.30. The van der Waals surface area contributed by atoms with Crippen molar-refractivity contribution in [3.8, 4) is 11.5 Å². The number of carbonyl (C=O) groups excluding carboxylic acids is 2. The van der Waals surface area contributed by atoms with Crippen molar-refractivity contribution in [1.29, 1.82) is 0 Å². The van der Waals surface area contributed by atoms with E-state index in [1.165, 1.54) is 24.4 Å². The van der Waals surface area contributed by atoms with Crippen LogP contribution in [0, 0.1) is 0 Å². The molecule has 0 unspecified atom stereocenters. The summed E-state index contributed by atoms with van der Waals surface area (Å²) in [4.78, 5) is 27.9. The van der Waals surface area contributed by atoms with Gasteiger partial charge in [-0.15, -0.1) is 8.78 Å². The number of anilines is 2. The molecule has 2 aromatic carbocycles. The maximum atomic E-state index is 13.2. The number of carbonyl (C=O) groups is 2. The Hall–Kier alpha value is -4.21. The summed E-state index contributed by atoms with van der Waals surface area (Å²) in [5, 5.41) is 5.85. The number of pyridine rings is 1. The van der Waals surface area contributed by atoms with E-state index in [9.17, 15) is 18.4 Å². The van der Waals surface area contributed by atoms with Crippen LogP contribution in [0.2, 0.25) is 0 Å². The van der Waals surface area contributed by atoms with Gasteiger partial charge in [0, 0.05) is 30.2 Å². The van der Waals surface area contributed by atoms with Gasteiger partial charge in [-0.1, -0.05) is 12.1 Å². The number of primary amides is 1. The number of rotatable bonds is 7. The summed E-state index contributed by atoms with van der Waals surface area (Å²) < 4.78 is 35.1. The van der Waals surface area contributed by atoms with Gasteiger partial charge < -0.3 is 25.8 Å². The summed E-state index contributed by atoms with van der Waals surface area (Å²) >= 11 is 0. The molecule has 4 N–H and O–H groups in total. The Morgan fingerprint density at radius 1 is 1.03 bits per heavy atom. The van der Waals surface area contributed by atoms with E-state index in [0.29, 0.717) is 24.2 Å². The quantitative estimate of drug-likeness (QED) is 0.519. The second kappa shape index (κ2) is 8.50. The van der Waals surface area contributed by atoms with Gasteiger partial charge in [-0.05, 0) is 48.4 Å². The Bertz CT molecular complexity index is 1190. The fraction of sp³-hybridized carbons (Fsp3) is 0.136. The zero-order valence-electron chi connectivity index (χ0n) is 16.6. The second-order valence-corrected chi connectivity index (χ2v) is 6.92. The minimum Gasteiger partial charge on any atom is -0.395 e. The number of para-hydroxylation sites is 1. The third-order valence-corrected chi connectivity index (χ3v) is 4.64. The first kappa shape index (κ1) is 21.0. The Balaban J connectivity index is 1.42. The molecule has 0 saturated heterocycles. The molecule has 10 heteroatoms. The number of hydrogen-bond acceptors (Lipinski definition) is 6. The topological polar surface area (TPSA) is 116 Å². The van der Waals surface area contributed by atoms with Gasteiger partial charge in [-0.25, -0.2) is 0 Å². The van der Waals surface area contributed by atoms with Crippen molar-refractivity contribution in [1.82, 2.24) is 4.98 Å². The molecule has 1 aromatic heterocycles. The van der Waals surface area contributed by atoms with Crippen LogP contribution >= 0.6 is 0 Å². The normalized spacial score (nSPS) is 13.4. The van der Waals surface area contributed by atoms with E-state index < -0.39 is 18.1 Å². The largest absolute Gasteiger partial charge is 0.586 e. The molecule has 8 nitrogen and oxygen atoms in total. The summed E-state index contributed by atoms with van der Waals surface area (Å²) in [6.45, 7) is 0.478. The summed E-state index contributed by atoms with van der Waals surface area (Å²) in [7, 11) is 0. The van der Waals surface area contributed by atoms with Crippen molar-refractivity contribution in [3.63, 3.8) is 0 Å². The molecular formula is C22H18F2N4O4. The molecule has 4 rings (SSSR count). The number of alkyl halides is 2. The van der Waals surface area contributed by atoms with Crippen LogP contribution in [-0.2, 0) is 6.42 Å². The number of nitrogens with zero attached hydrogens (tertiary/aromatic N) is 1. The highest BCUT2D eigenvalue weighted by Crippen LogP contribution is 2.42. The van der Waals surface area contributed by atoms with Crippen LogP contribution in [-0.4, -0.2) is 29.6 Å². The first-order chi connectivity index (χ1) is 15.3. The number of nitrogens with two attached hydrogens (primary N) is 1. The maximum Gasteiger partial charge on any atom is 0.586 e. The Kier molecular flexibility index (Phi) is 5.59. The second-order valence-electron chi connectivity index (χ2n) is 6.92. The van der Waals surface area contributed by atoms with Crippen molar-refractivity contribution < 1.29 is 27.8 Å². The van der Waals surface area contributed by atoms with Crippen molar-refractivity contribution in [2.75, 3.05) is 17.2 Å². The Morgan fingerprint density at radius 2 is 1.81 bits per heavy atom. The van der Waals surface area contributed by atoms with Crippen LogP contribution in [0.5, 0.6) is 11.5 Å². The van der Waals surface area contributed by atoms with Gasteiger partial charge in [0.2, 0.25) is 0 Å². The van der Waals surface area contributed by atoms with Gasteiger partial charge in [0.25, 0.3) is 11.8 Å². The zero-order valence-corrected chi connectivity index (χ0v) is 16.6. The van der Waals surface area contributed by atoms with Crippen LogP contribution in [0.15, 0.2) is 60.8 Å². The predicted octanol–water partition coefficient (Wildman–Crippen LogP) is 3.41. The van der Waals surface area contributed by atoms with Crippen LogP contribution in [0.3, 0.4) is 0 Å². The van der Waals surface area contributed by atoms with E-state index in [2.05, 4.69) is 25.1 Å². The smallest absolute Gasteiger partial charge is 0.395 e. The first-order valence-electron chi connectivity index (χ1n) is 9.60. The Labute approximate surface area is 181 Å². The SMILES string of the molecule is NC(=O)c1cc(CCNc2ccccc2C(=O)Nc2ccc3c(c2)OC(F)(F)O3)ccn1. The molecule has 0 fully saturated rings. The number of ether oxygens (including phenoxy) is 2. The van der Waals surface area contributed by atoms with Gasteiger partial charge in [-0.3, -0.25) is 14.6 Å². The van der Waals surface area contributed by atoms with Crippen LogP contribution in [0.4, 0.5) is 20.2 Å². The van der Waals surface area contributed by atoms with Crippen molar-refractivity contribution >= 4 is 23.2 Å². The maximum absolute atomic E-state index is 13.2. The summed E-state index contributed by atoms with van der Waals surface area (Å²) in [6.07, 6.45) is -1.65. The molecule has 0 bridgehead atoms. The van der Waals surface area contributed by atoms with Crippen molar-refractivity contribution in [2.45, 2.75) is 12.7 Å². The van der Waals surface area contributed by atoms with Gasteiger partial charge in [-0.2, -0.15) is 0 Å². The molecule has 1 aliphatic rings. The lowest BCUT2D eigenvalue weighted by molar-refractivity contribution is -0.286. The molecular weight excluding hydrogens is 422 g/mol. The zero-order chi connectivity index (χ0) is 22.7. The first-order valence-corrected chi connectivity index (χ1v) is 9.60. The molecule has 1 aliphatic heterocycles. The predicted molar refractivity (Wildman–Crippen MR) is 112 cm³/mol. The fourth-order valence-electron chi connectivity index (χ4n) is 3.17. The lowest BCUT2D eigenvalue weighted by Gasteiger charge is -2.13. The van der Waals surface area contributed by atoms with Gasteiger partial charge >= 0.3 is 6.29 Å². The van der Waals surface area contributed by atoms with Gasteiger partial charge in [0.1, 0.15) is 5.69 Å². The third kappa shape index (κ3) is 4.75. The summed E-state index contributed by atoms with van der Waals surface area (Å²) in [6, 6.07) is 14.3. The van der Waals surface area contributed by atoms with E-state index in [1.807, 2.05) is 0 Å². The lowest BCUT2D eigenvalue weighted by Crippen LogP contribution is -2.25. The highest BCUT2D eigenvalue weighted by Gasteiger charge is 2.43. The van der Waals surface area contributed by atoms with E-state index in [-0.39, 0.29) is 22.9 Å². The van der Waals surface area contributed by atoms with E-state index in [0.717, 1.165) is 5.56 Å². The van der Waals surface area contributed by atoms with Crippen molar-refractivity contribution in [3.05, 3.63) is 77.6 Å². The standard InChI is InChI=1S/C22H18F2N4O4/c23-22(24)31-18-6-5-14(12-19(18)32-22)28-21(30)15-3-1-2-4-16(15)26-9-7-13-8-10-27-17(11-13)20(25)29/h1-6,8,10-12,26H,7,9H2,(H2,25,29)(H,28,30). The van der Waals surface area contributed by atoms with Crippen LogP contribution < -0.4 is 25.8 Å². The number of aromatic nitrogens is 1. The number of hydrogen-bond donors (Lipinski definition) is 3. The van der Waals surface area contributed by atoms with Crippen LogP contribution in [0.1, 0.15) is 26.4 Å². The molecule has 2 amide bonds. The molecule has 0 radical (unpaired) electrons. The molecule has 0 atom stereocenters. The monoisotopic (exact) mass is 440 g/mol. The minimum atomic E-state index is -3.73. The minimum absolute atomic E-state index is 0.106. The highest BCUT2D eigenvalue weighted by atomic mass is 19.3. The third-order valence-electron chi connectivity index (χ3n) is 4.64. The fourth-order valence-corrected chi connectivity index (χ4v) is 3.17. The highest BCUT2D eigenvalue weighted by molar-refractivity contribution is 6.08. The van der Waals surface area contributed by atoms with E-state index in [4.69, 9.17) is 5.73 Å². The lowest BCUT2D eigenvalue weighted by atomic mass is 10.1. The number of halogens is 2. The molecule has 32 heavy (non-hydrogen) atoms. The number of benzene rings is 2. The Morgan fingerprint density at radius 3 is 2.62 bits per heavy atom. The number of amides is 2. The molecule has 164 valence electrons. The summed E-state index contributed by atoms with van der Waals surface area (Å²) in [5.41, 5.74) is 7.52. The number of nitrogens with one attached hydrogen (secondary N) is 2. The molecule has 0 spiro atoms. The van der Waals surface area contributed by atoms with Gasteiger partial charge in [0.15, 0.2) is 11.5 Å². The van der Waals surface area contributed by atoms with Gasteiger partial charge in [0.05, 0.1) is 5.56 Å². The van der Waals surface area contributed by atoms with E-state index in [1.54, 1.807) is 36.4 Å². The van der Waals surface area contributed by atoms with Crippen molar-refractivity contribution in [2.24, 2.45) is 5.73 Å². The molecule has 0 saturated carbocycles. The molecule has 2 heterocycles. The molecule has 3 aromatic rings. The number of fused-ring (bicyclic) bond motifs is 1. The van der Waals surface area contributed by atoms with Crippen LogP contribution in [0.25, 0.3) is 0 Å². The molecule has 0 aliphatic carbocycles. The van der Waals surface area contributed by atoms with E-state index >= 15 is 0 Å². The average molecular weight is 440 g/mol. The average Bonchev–Trinajstić information content (AvgIpc) is 3.07.